The normalized spacial score (nSPS) is 10.2. The summed E-state index contributed by atoms with van der Waals surface area (Å²) < 4.78 is 23.4. The van der Waals surface area contributed by atoms with Crippen molar-refractivity contribution in [1.29, 1.82) is 0 Å². The molecule has 0 fully saturated rings. The number of hydrogen-bond acceptors (Lipinski definition) is 6. The zero-order valence-electron chi connectivity index (χ0n) is 10.9. The summed E-state index contributed by atoms with van der Waals surface area (Å²) >= 11 is 0. The van der Waals surface area contributed by atoms with Crippen LogP contribution in [0.3, 0.4) is 0 Å². The SMILES string of the molecule is COC(=O)c1nc(C)cc(Oc2c(N)cccc2F)n1. The summed E-state index contributed by atoms with van der Waals surface area (Å²) in [6.45, 7) is 1.64. The molecule has 0 unspecified atom stereocenters. The summed E-state index contributed by atoms with van der Waals surface area (Å²) in [6, 6.07) is 5.62. The van der Waals surface area contributed by atoms with Gasteiger partial charge < -0.3 is 15.2 Å². The van der Waals surface area contributed by atoms with Gasteiger partial charge >= 0.3 is 5.97 Å². The minimum atomic E-state index is -0.708. The lowest BCUT2D eigenvalue weighted by Crippen LogP contribution is -2.09. The van der Waals surface area contributed by atoms with E-state index in [4.69, 9.17) is 10.5 Å². The molecule has 0 radical (unpaired) electrons. The Morgan fingerprint density at radius 3 is 2.75 bits per heavy atom. The summed E-state index contributed by atoms with van der Waals surface area (Å²) in [5, 5.41) is 0. The molecule has 0 spiro atoms. The van der Waals surface area contributed by atoms with Crippen LogP contribution in [0.25, 0.3) is 0 Å². The van der Waals surface area contributed by atoms with E-state index in [0.29, 0.717) is 5.69 Å². The number of nitrogen functional groups attached to an aromatic ring is 1. The minimum Gasteiger partial charge on any atom is -0.463 e. The molecular formula is C13H12FN3O3. The highest BCUT2D eigenvalue weighted by atomic mass is 19.1. The lowest BCUT2D eigenvalue weighted by atomic mass is 10.3. The monoisotopic (exact) mass is 277 g/mol. The number of anilines is 1. The highest BCUT2D eigenvalue weighted by Crippen LogP contribution is 2.29. The number of ether oxygens (including phenoxy) is 2. The molecule has 0 bridgehead atoms. The first kappa shape index (κ1) is 13.7. The number of nitrogens with two attached hydrogens (primary N) is 1. The summed E-state index contributed by atoms with van der Waals surface area (Å²) in [5.74, 6) is -1.64. The molecular weight excluding hydrogens is 265 g/mol. The van der Waals surface area contributed by atoms with E-state index >= 15 is 0 Å². The quantitative estimate of drug-likeness (QED) is 0.682. The summed E-state index contributed by atoms with van der Waals surface area (Å²) in [6.07, 6.45) is 0. The van der Waals surface area contributed by atoms with Crippen LogP contribution < -0.4 is 10.5 Å². The molecule has 104 valence electrons. The third-order valence-electron chi connectivity index (χ3n) is 2.40. The van der Waals surface area contributed by atoms with Gasteiger partial charge in [0, 0.05) is 11.8 Å². The molecule has 0 aliphatic heterocycles. The van der Waals surface area contributed by atoms with E-state index in [2.05, 4.69) is 14.7 Å². The van der Waals surface area contributed by atoms with Crippen molar-refractivity contribution in [2.45, 2.75) is 6.92 Å². The van der Waals surface area contributed by atoms with Gasteiger partial charge in [-0.25, -0.2) is 14.2 Å². The Morgan fingerprint density at radius 1 is 1.35 bits per heavy atom. The molecule has 0 aliphatic carbocycles. The number of aromatic nitrogens is 2. The first-order valence-electron chi connectivity index (χ1n) is 5.67. The van der Waals surface area contributed by atoms with Crippen molar-refractivity contribution in [2.24, 2.45) is 0 Å². The molecule has 2 N–H and O–H groups in total. The lowest BCUT2D eigenvalue weighted by Gasteiger charge is -2.09. The molecule has 0 aliphatic rings. The van der Waals surface area contributed by atoms with Gasteiger partial charge in [0.05, 0.1) is 12.8 Å². The summed E-state index contributed by atoms with van der Waals surface area (Å²) in [7, 11) is 1.21. The van der Waals surface area contributed by atoms with Crippen LogP contribution in [0.15, 0.2) is 24.3 Å². The van der Waals surface area contributed by atoms with Crippen LogP contribution in [-0.2, 0) is 4.74 Å². The zero-order chi connectivity index (χ0) is 14.7. The van der Waals surface area contributed by atoms with Crippen LogP contribution in [0.1, 0.15) is 16.3 Å². The van der Waals surface area contributed by atoms with Crippen molar-refractivity contribution < 1.29 is 18.7 Å². The third-order valence-corrected chi connectivity index (χ3v) is 2.40. The Balaban J connectivity index is 2.39. The molecule has 1 aromatic carbocycles. The zero-order valence-corrected chi connectivity index (χ0v) is 10.9. The second kappa shape index (κ2) is 5.52. The molecule has 7 heteroatoms. The Labute approximate surface area is 114 Å². The van der Waals surface area contributed by atoms with Gasteiger partial charge in [0.1, 0.15) is 0 Å². The molecule has 1 aromatic heterocycles. The van der Waals surface area contributed by atoms with Crippen molar-refractivity contribution in [3.8, 4) is 11.6 Å². The molecule has 6 nitrogen and oxygen atoms in total. The maximum absolute atomic E-state index is 13.6. The standard InChI is InChI=1S/C13H12FN3O3/c1-7-6-10(17-12(16-7)13(18)19-2)20-11-8(14)4-3-5-9(11)15/h3-6H,15H2,1-2H3. The molecule has 1 heterocycles. The van der Waals surface area contributed by atoms with Gasteiger partial charge in [-0.05, 0) is 19.1 Å². The molecule has 2 aromatic rings. The Morgan fingerprint density at radius 2 is 2.10 bits per heavy atom. The number of hydrogen-bond donors (Lipinski definition) is 1. The van der Waals surface area contributed by atoms with Gasteiger partial charge in [-0.15, -0.1) is 0 Å². The summed E-state index contributed by atoms with van der Waals surface area (Å²) in [5.41, 5.74) is 6.23. The van der Waals surface area contributed by atoms with Gasteiger partial charge in [0.15, 0.2) is 11.6 Å². The fourth-order valence-electron chi connectivity index (χ4n) is 1.51. The molecule has 0 saturated heterocycles. The van der Waals surface area contributed by atoms with Crippen molar-refractivity contribution in [3.63, 3.8) is 0 Å². The molecule has 0 atom stereocenters. The van der Waals surface area contributed by atoms with E-state index in [1.54, 1.807) is 6.92 Å². The van der Waals surface area contributed by atoms with Crippen molar-refractivity contribution >= 4 is 11.7 Å². The second-order valence-electron chi connectivity index (χ2n) is 3.92. The predicted molar refractivity (Wildman–Crippen MR) is 69.0 cm³/mol. The van der Waals surface area contributed by atoms with E-state index in [1.807, 2.05) is 0 Å². The number of para-hydroxylation sites is 1. The maximum Gasteiger partial charge on any atom is 0.376 e. The van der Waals surface area contributed by atoms with Gasteiger partial charge in [-0.1, -0.05) is 6.07 Å². The third kappa shape index (κ3) is 2.82. The average molecular weight is 277 g/mol. The van der Waals surface area contributed by atoms with Crippen molar-refractivity contribution in [1.82, 2.24) is 9.97 Å². The minimum absolute atomic E-state index is 0.00898. The van der Waals surface area contributed by atoms with E-state index in [-0.39, 0.29) is 23.1 Å². The average Bonchev–Trinajstić information content (AvgIpc) is 2.41. The fraction of sp³-hybridized carbons (Fsp3) is 0.154. The molecule has 20 heavy (non-hydrogen) atoms. The number of benzene rings is 1. The smallest absolute Gasteiger partial charge is 0.376 e. The van der Waals surface area contributed by atoms with E-state index < -0.39 is 11.8 Å². The maximum atomic E-state index is 13.6. The number of methoxy groups -OCH3 is 1. The number of nitrogens with zero attached hydrogens (tertiary/aromatic N) is 2. The number of carbonyl (C=O) groups is 1. The van der Waals surface area contributed by atoms with Gasteiger partial charge in [-0.3, -0.25) is 0 Å². The van der Waals surface area contributed by atoms with Crippen LogP contribution in [0.4, 0.5) is 10.1 Å². The highest BCUT2D eigenvalue weighted by Gasteiger charge is 2.15. The van der Waals surface area contributed by atoms with Gasteiger partial charge in [0.25, 0.3) is 0 Å². The molecule has 0 amide bonds. The molecule has 2 rings (SSSR count). The second-order valence-corrected chi connectivity index (χ2v) is 3.92. The number of carbonyl (C=O) groups excluding carboxylic acids is 1. The van der Waals surface area contributed by atoms with Crippen molar-refractivity contribution in [2.75, 3.05) is 12.8 Å². The fourth-order valence-corrected chi connectivity index (χ4v) is 1.51. The van der Waals surface area contributed by atoms with Crippen LogP contribution in [0.2, 0.25) is 0 Å². The number of aryl methyl sites for hydroxylation is 1. The van der Waals surface area contributed by atoms with Crippen LogP contribution in [0.5, 0.6) is 11.6 Å². The van der Waals surface area contributed by atoms with Crippen LogP contribution in [0, 0.1) is 12.7 Å². The first-order valence-corrected chi connectivity index (χ1v) is 5.67. The Kier molecular flexibility index (Phi) is 3.79. The largest absolute Gasteiger partial charge is 0.463 e. The van der Waals surface area contributed by atoms with E-state index in [1.165, 1.54) is 31.4 Å². The van der Waals surface area contributed by atoms with E-state index in [0.717, 1.165) is 0 Å². The van der Waals surface area contributed by atoms with Crippen LogP contribution in [-0.4, -0.2) is 23.0 Å². The Hall–Kier alpha value is -2.70. The van der Waals surface area contributed by atoms with Gasteiger partial charge in [0.2, 0.25) is 11.7 Å². The topological polar surface area (TPSA) is 87.3 Å². The highest BCUT2D eigenvalue weighted by molar-refractivity contribution is 5.85. The number of halogens is 1. The number of rotatable bonds is 3. The van der Waals surface area contributed by atoms with Gasteiger partial charge in [-0.2, -0.15) is 4.98 Å². The van der Waals surface area contributed by atoms with Crippen molar-refractivity contribution in [3.05, 3.63) is 41.6 Å². The summed E-state index contributed by atoms with van der Waals surface area (Å²) in [4.78, 5) is 19.2. The Bertz CT molecular complexity index is 641. The van der Waals surface area contributed by atoms with E-state index in [9.17, 15) is 9.18 Å². The first-order chi connectivity index (χ1) is 9.51. The lowest BCUT2D eigenvalue weighted by molar-refractivity contribution is 0.0585. The number of esters is 1. The van der Waals surface area contributed by atoms with Crippen LogP contribution >= 0.6 is 0 Å². The predicted octanol–water partition coefficient (Wildman–Crippen LogP) is 2.09. The molecule has 0 saturated carbocycles.